The molecule has 19 heavy (non-hydrogen) atoms. The zero-order valence-electron chi connectivity index (χ0n) is 11.3. The Kier molecular flexibility index (Phi) is 3.19. The SMILES string of the molecule is Cc1ccc(C(=O)O)c(N2CCN3CCCC3C2)c1. The number of benzene rings is 1. The van der Waals surface area contributed by atoms with Crippen LogP contribution in [0.25, 0.3) is 0 Å². The molecule has 0 aromatic heterocycles. The molecule has 1 aromatic rings. The molecule has 4 nitrogen and oxygen atoms in total. The van der Waals surface area contributed by atoms with E-state index in [0.717, 1.165) is 30.9 Å². The molecule has 1 unspecified atom stereocenters. The predicted molar refractivity (Wildman–Crippen MR) is 74.9 cm³/mol. The van der Waals surface area contributed by atoms with Crippen molar-refractivity contribution in [3.05, 3.63) is 29.3 Å². The third-order valence-electron chi connectivity index (χ3n) is 4.31. The normalized spacial score (nSPS) is 23.4. The van der Waals surface area contributed by atoms with Crippen molar-refractivity contribution in [1.82, 2.24) is 4.90 Å². The van der Waals surface area contributed by atoms with Crippen LogP contribution in [0.2, 0.25) is 0 Å². The van der Waals surface area contributed by atoms with Gasteiger partial charge in [-0.1, -0.05) is 6.07 Å². The van der Waals surface area contributed by atoms with Gasteiger partial charge in [0.15, 0.2) is 0 Å². The van der Waals surface area contributed by atoms with Crippen LogP contribution < -0.4 is 4.90 Å². The van der Waals surface area contributed by atoms with Gasteiger partial charge in [-0.15, -0.1) is 0 Å². The molecule has 0 bridgehead atoms. The van der Waals surface area contributed by atoms with Crippen LogP contribution >= 0.6 is 0 Å². The maximum Gasteiger partial charge on any atom is 0.337 e. The number of hydrogen-bond acceptors (Lipinski definition) is 3. The monoisotopic (exact) mass is 260 g/mol. The number of carboxylic acid groups (broad SMARTS) is 1. The second kappa shape index (κ2) is 4.85. The molecule has 2 aliphatic rings. The van der Waals surface area contributed by atoms with Crippen LogP contribution in [0.5, 0.6) is 0 Å². The second-order valence-corrected chi connectivity index (χ2v) is 5.60. The number of rotatable bonds is 2. The average molecular weight is 260 g/mol. The number of anilines is 1. The van der Waals surface area contributed by atoms with E-state index in [9.17, 15) is 9.90 Å². The number of carbonyl (C=O) groups is 1. The summed E-state index contributed by atoms with van der Waals surface area (Å²) in [4.78, 5) is 16.2. The summed E-state index contributed by atoms with van der Waals surface area (Å²) in [5.41, 5.74) is 2.44. The van der Waals surface area contributed by atoms with E-state index in [1.165, 1.54) is 19.4 Å². The number of hydrogen-bond donors (Lipinski definition) is 1. The first-order valence-electron chi connectivity index (χ1n) is 6.98. The molecule has 2 heterocycles. The third-order valence-corrected chi connectivity index (χ3v) is 4.31. The summed E-state index contributed by atoms with van der Waals surface area (Å²) in [6.45, 7) is 6.17. The van der Waals surface area contributed by atoms with Crippen molar-refractivity contribution in [2.45, 2.75) is 25.8 Å². The summed E-state index contributed by atoms with van der Waals surface area (Å²) >= 11 is 0. The van der Waals surface area contributed by atoms with Gasteiger partial charge in [0, 0.05) is 25.7 Å². The number of piperazine rings is 1. The first-order valence-corrected chi connectivity index (χ1v) is 6.98. The fourth-order valence-electron chi connectivity index (χ4n) is 3.29. The lowest BCUT2D eigenvalue weighted by molar-refractivity contribution is 0.0697. The van der Waals surface area contributed by atoms with Crippen LogP contribution in [0.3, 0.4) is 0 Å². The highest BCUT2D eigenvalue weighted by atomic mass is 16.4. The maximum absolute atomic E-state index is 11.4. The number of aryl methyl sites for hydroxylation is 1. The highest BCUT2D eigenvalue weighted by Crippen LogP contribution is 2.28. The molecule has 3 rings (SSSR count). The molecule has 1 aromatic carbocycles. The van der Waals surface area contributed by atoms with E-state index in [1.54, 1.807) is 6.07 Å². The fourth-order valence-corrected chi connectivity index (χ4v) is 3.29. The Hall–Kier alpha value is -1.55. The number of carboxylic acids is 1. The van der Waals surface area contributed by atoms with E-state index in [-0.39, 0.29) is 0 Å². The zero-order chi connectivity index (χ0) is 13.4. The van der Waals surface area contributed by atoms with Crippen LogP contribution in [0.4, 0.5) is 5.69 Å². The van der Waals surface area contributed by atoms with Crippen molar-refractivity contribution in [2.24, 2.45) is 0 Å². The largest absolute Gasteiger partial charge is 0.478 e. The lowest BCUT2D eigenvalue weighted by atomic mass is 10.1. The second-order valence-electron chi connectivity index (χ2n) is 5.60. The van der Waals surface area contributed by atoms with E-state index in [1.807, 2.05) is 19.1 Å². The summed E-state index contributed by atoms with van der Waals surface area (Å²) in [5.74, 6) is -0.830. The smallest absolute Gasteiger partial charge is 0.337 e. The molecule has 1 N–H and O–H groups in total. The Morgan fingerprint density at radius 2 is 2.16 bits per heavy atom. The summed E-state index contributed by atoms with van der Waals surface area (Å²) in [6, 6.07) is 6.22. The van der Waals surface area contributed by atoms with Crippen molar-refractivity contribution < 1.29 is 9.90 Å². The molecule has 0 saturated carbocycles. The van der Waals surface area contributed by atoms with Crippen LogP contribution in [0.1, 0.15) is 28.8 Å². The van der Waals surface area contributed by atoms with Crippen molar-refractivity contribution >= 4 is 11.7 Å². The lowest BCUT2D eigenvalue weighted by Gasteiger charge is -2.39. The van der Waals surface area contributed by atoms with Gasteiger partial charge in [0.25, 0.3) is 0 Å². The topological polar surface area (TPSA) is 43.8 Å². The quantitative estimate of drug-likeness (QED) is 0.883. The molecule has 0 radical (unpaired) electrons. The van der Waals surface area contributed by atoms with Gasteiger partial charge in [-0.05, 0) is 44.0 Å². The van der Waals surface area contributed by atoms with Gasteiger partial charge in [0.1, 0.15) is 0 Å². The molecule has 2 aliphatic heterocycles. The molecule has 0 aliphatic carbocycles. The van der Waals surface area contributed by atoms with Gasteiger partial charge in [-0.3, -0.25) is 4.90 Å². The summed E-state index contributed by atoms with van der Waals surface area (Å²) in [5, 5.41) is 9.34. The number of nitrogens with zero attached hydrogens (tertiary/aromatic N) is 2. The van der Waals surface area contributed by atoms with Gasteiger partial charge in [0.05, 0.1) is 11.3 Å². The van der Waals surface area contributed by atoms with E-state index >= 15 is 0 Å². The summed E-state index contributed by atoms with van der Waals surface area (Å²) in [6.07, 6.45) is 2.52. The zero-order valence-corrected chi connectivity index (χ0v) is 11.3. The number of fused-ring (bicyclic) bond motifs is 1. The number of aromatic carboxylic acids is 1. The van der Waals surface area contributed by atoms with Crippen molar-refractivity contribution in [2.75, 3.05) is 31.1 Å². The lowest BCUT2D eigenvalue weighted by Crippen LogP contribution is -2.50. The molecule has 4 heteroatoms. The highest BCUT2D eigenvalue weighted by Gasteiger charge is 2.31. The van der Waals surface area contributed by atoms with Crippen LogP contribution in [0, 0.1) is 6.92 Å². The summed E-state index contributed by atoms with van der Waals surface area (Å²) in [7, 11) is 0. The van der Waals surface area contributed by atoms with Gasteiger partial charge < -0.3 is 10.0 Å². The summed E-state index contributed by atoms with van der Waals surface area (Å²) < 4.78 is 0. The Bertz CT molecular complexity index is 501. The van der Waals surface area contributed by atoms with E-state index < -0.39 is 5.97 Å². The van der Waals surface area contributed by atoms with Crippen LogP contribution in [-0.4, -0.2) is 48.2 Å². The minimum absolute atomic E-state index is 0.428. The standard InChI is InChI=1S/C15H20N2O2/c1-11-4-5-13(15(18)19)14(9-11)17-8-7-16-6-2-3-12(16)10-17/h4-5,9,12H,2-3,6-8,10H2,1H3,(H,18,19). The Labute approximate surface area is 113 Å². The van der Waals surface area contributed by atoms with Crippen molar-refractivity contribution in [3.63, 3.8) is 0 Å². The molecule has 2 saturated heterocycles. The van der Waals surface area contributed by atoms with Gasteiger partial charge in [0.2, 0.25) is 0 Å². The molecule has 102 valence electrons. The maximum atomic E-state index is 11.4. The van der Waals surface area contributed by atoms with Gasteiger partial charge >= 0.3 is 5.97 Å². The van der Waals surface area contributed by atoms with Crippen molar-refractivity contribution in [3.8, 4) is 0 Å². The molecule has 0 spiro atoms. The minimum atomic E-state index is -0.830. The van der Waals surface area contributed by atoms with Crippen LogP contribution in [0.15, 0.2) is 18.2 Å². The first-order chi connectivity index (χ1) is 9.15. The molecule has 1 atom stereocenters. The predicted octanol–water partition coefficient (Wildman–Crippen LogP) is 1.98. The molecular formula is C15H20N2O2. The average Bonchev–Trinajstić information content (AvgIpc) is 2.85. The Morgan fingerprint density at radius 1 is 1.32 bits per heavy atom. The highest BCUT2D eigenvalue weighted by molar-refractivity contribution is 5.94. The van der Waals surface area contributed by atoms with Crippen molar-refractivity contribution in [1.29, 1.82) is 0 Å². The Balaban J connectivity index is 1.89. The molecule has 2 fully saturated rings. The Morgan fingerprint density at radius 3 is 2.95 bits per heavy atom. The van der Waals surface area contributed by atoms with Gasteiger partial charge in [-0.25, -0.2) is 4.79 Å². The third kappa shape index (κ3) is 2.32. The van der Waals surface area contributed by atoms with Crippen LogP contribution in [-0.2, 0) is 0 Å². The first kappa shape index (κ1) is 12.5. The van der Waals surface area contributed by atoms with E-state index in [2.05, 4.69) is 9.80 Å². The molecular weight excluding hydrogens is 240 g/mol. The molecule has 0 amide bonds. The fraction of sp³-hybridized carbons (Fsp3) is 0.533. The van der Waals surface area contributed by atoms with Gasteiger partial charge in [-0.2, -0.15) is 0 Å². The van der Waals surface area contributed by atoms with E-state index in [0.29, 0.717) is 11.6 Å². The van der Waals surface area contributed by atoms with E-state index in [4.69, 9.17) is 0 Å². The minimum Gasteiger partial charge on any atom is -0.478 e.